The molecule has 0 heterocycles. The van der Waals surface area contributed by atoms with Gasteiger partial charge in [-0.2, -0.15) is 114 Å². The molecular weight excluding hydrogens is 986 g/mol. The van der Waals surface area contributed by atoms with Gasteiger partial charge in [-0.3, -0.25) is 0 Å². The van der Waals surface area contributed by atoms with Crippen LogP contribution in [-0.4, -0.2) is 105 Å². The van der Waals surface area contributed by atoms with Crippen LogP contribution in [-0.2, 0) is 29.5 Å². The molecule has 0 aromatic carbocycles. The zero-order valence-corrected chi connectivity index (χ0v) is 31.3. The first-order valence-corrected chi connectivity index (χ1v) is 20.3. The molecule has 0 fully saturated rings. The molecule has 0 aromatic rings. The number of hydrogen-bond acceptors (Lipinski definition) is 6. The second kappa shape index (κ2) is 17.2. The van der Waals surface area contributed by atoms with Gasteiger partial charge in [-0.15, -0.1) is 0 Å². The fourth-order valence-electron chi connectivity index (χ4n) is 4.55. The largest absolute Gasteiger partial charge is 0.460 e. The summed E-state index contributed by atoms with van der Waals surface area (Å²) in [6.45, 7) is 1.79. The van der Waals surface area contributed by atoms with Crippen LogP contribution < -0.4 is 0 Å². The lowest BCUT2D eigenvalue weighted by Crippen LogP contribution is -2.73. The molecular formula is C25H26F26O6S3. The van der Waals surface area contributed by atoms with E-state index in [1.54, 1.807) is 6.92 Å². The van der Waals surface area contributed by atoms with Gasteiger partial charge < -0.3 is 0 Å². The van der Waals surface area contributed by atoms with Crippen molar-refractivity contribution < 1.29 is 139 Å². The summed E-state index contributed by atoms with van der Waals surface area (Å²) < 4.78 is 425. The Morgan fingerprint density at radius 3 is 0.767 bits per heavy atom. The highest BCUT2D eigenvalue weighted by molar-refractivity contribution is 8.24. The van der Waals surface area contributed by atoms with Gasteiger partial charge in [0, 0.05) is 0 Å². The Hall–Kier alpha value is -1.97. The Balaban J connectivity index is 8.01. The minimum absolute atomic E-state index is 0.0571. The summed E-state index contributed by atoms with van der Waals surface area (Å²) in [5.41, 5.74) is 0. The molecule has 0 amide bonds. The van der Waals surface area contributed by atoms with E-state index in [0.717, 1.165) is 12.8 Å². The second-order valence-corrected chi connectivity index (χ2v) is 19.8. The van der Waals surface area contributed by atoms with Gasteiger partial charge in [0.05, 0.1) is 5.75 Å². The number of halogens is 26. The minimum atomic E-state index is -10.0. The van der Waals surface area contributed by atoms with E-state index in [-0.39, 0.29) is 12.8 Å². The molecule has 60 heavy (non-hydrogen) atoms. The van der Waals surface area contributed by atoms with Crippen molar-refractivity contribution in [3.8, 4) is 0 Å². The Morgan fingerprint density at radius 1 is 0.317 bits per heavy atom. The Bertz CT molecular complexity index is 1700. The molecule has 362 valence electrons. The van der Waals surface area contributed by atoms with Crippen LogP contribution in [0.5, 0.6) is 0 Å². The third kappa shape index (κ3) is 9.04. The van der Waals surface area contributed by atoms with E-state index in [1.165, 1.54) is 0 Å². The zero-order valence-electron chi connectivity index (χ0n) is 28.9. The monoisotopic (exact) mass is 1010 g/mol. The van der Waals surface area contributed by atoms with E-state index in [1.807, 2.05) is 0 Å². The summed E-state index contributed by atoms with van der Waals surface area (Å²) in [5, 5.41) is -18.5. The predicted molar refractivity (Wildman–Crippen MR) is 149 cm³/mol. The Kier molecular flexibility index (Phi) is 16.6. The summed E-state index contributed by atoms with van der Waals surface area (Å²) >= 11 is 0. The first-order valence-electron chi connectivity index (χ1n) is 15.5. The molecule has 0 bridgehead atoms. The summed E-state index contributed by atoms with van der Waals surface area (Å²) in [4.78, 5) is 0. The Morgan fingerprint density at radius 2 is 0.533 bits per heavy atom. The molecule has 0 saturated carbocycles. The van der Waals surface area contributed by atoms with Crippen molar-refractivity contribution in [1.82, 2.24) is 0 Å². The van der Waals surface area contributed by atoms with E-state index in [2.05, 4.69) is 0 Å². The molecule has 0 radical (unpaired) electrons. The van der Waals surface area contributed by atoms with Gasteiger partial charge in [-0.1, -0.05) is 64.7 Å². The van der Waals surface area contributed by atoms with Crippen LogP contribution in [0.15, 0.2) is 0 Å². The summed E-state index contributed by atoms with van der Waals surface area (Å²) in [6, 6.07) is 0. The lowest BCUT2D eigenvalue weighted by molar-refractivity contribution is -0.433. The number of hydrogen-bond donors (Lipinski definition) is 0. The number of sulfone groups is 3. The van der Waals surface area contributed by atoms with Crippen molar-refractivity contribution in [3.63, 3.8) is 0 Å². The lowest BCUT2D eigenvalue weighted by Gasteiger charge is -2.41. The van der Waals surface area contributed by atoms with Gasteiger partial charge in [-0.05, 0) is 6.42 Å². The summed E-state index contributed by atoms with van der Waals surface area (Å²) in [7, 11) is -27.9. The van der Waals surface area contributed by atoms with Crippen molar-refractivity contribution in [2.45, 2.75) is 145 Å². The molecule has 35 heteroatoms. The quantitative estimate of drug-likeness (QED) is 0.0705. The molecule has 0 atom stereocenters. The van der Waals surface area contributed by atoms with E-state index in [9.17, 15) is 139 Å². The Labute approximate surface area is 320 Å². The van der Waals surface area contributed by atoms with E-state index in [0.29, 0.717) is 19.3 Å². The van der Waals surface area contributed by atoms with Crippen molar-refractivity contribution >= 4 is 29.5 Å². The van der Waals surface area contributed by atoms with Gasteiger partial charge in [-0.25, -0.2) is 25.3 Å². The van der Waals surface area contributed by atoms with Gasteiger partial charge in [0.1, 0.15) is 0 Å². The molecule has 0 aliphatic rings. The molecule has 0 saturated heterocycles. The standard InChI is InChI=1S/C25H26F26O6S3/c1-2-3-4-5-6-7-8-9-10-11-12-58(52,53)13(59(54,55)24(48,49)20(38,39)16(30,31)14(26,27)18(34,35)22(42,43)44)60(56,57)25(50,51)21(40,41)17(32,33)15(28,29)19(36,37)23(45,46)47/h13H,2-12H2,1H3. The third-order valence-corrected chi connectivity index (χ3v) is 17.3. The highest BCUT2D eigenvalue weighted by Crippen LogP contribution is 2.64. The fraction of sp³-hybridized carbons (Fsp3) is 1.00. The van der Waals surface area contributed by atoms with Crippen LogP contribution in [0.4, 0.5) is 114 Å². The predicted octanol–water partition coefficient (Wildman–Crippen LogP) is 10.8. The number of alkyl halides is 26. The van der Waals surface area contributed by atoms with Crippen LogP contribution in [0.3, 0.4) is 0 Å². The van der Waals surface area contributed by atoms with Crippen molar-refractivity contribution in [2.75, 3.05) is 5.75 Å². The lowest BCUT2D eigenvalue weighted by atomic mass is 9.98. The zero-order chi connectivity index (χ0) is 48.9. The molecule has 6 nitrogen and oxygen atoms in total. The maximum Gasteiger partial charge on any atom is 0.460 e. The fourth-order valence-corrected chi connectivity index (χ4v) is 13.3. The third-order valence-electron chi connectivity index (χ3n) is 8.11. The van der Waals surface area contributed by atoms with Crippen molar-refractivity contribution in [3.05, 3.63) is 0 Å². The molecule has 0 aromatic heterocycles. The van der Waals surface area contributed by atoms with Gasteiger partial charge in [0.2, 0.25) is 0 Å². The summed E-state index contributed by atoms with van der Waals surface area (Å²) in [6.07, 6.45) is -16.3. The number of unbranched alkanes of at least 4 members (excludes halogenated alkanes) is 9. The van der Waals surface area contributed by atoms with Crippen LogP contribution in [0.1, 0.15) is 71.1 Å². The molecule has 0 rings (SSSR count). The summed E-state index contributed by atoms with van der Waals surface area (Å²) in [5.74, 6) is -76.3. The molecule has 0 spiro atoms. The average Bonchev–Trinajstić information content (AvgIpc) is 3.03. The van der Waals surface area contributed by atoms with Gasteiger partial charge in [0.25, 0.3) is 23.6 Å². The topological polar surface area (TPSA) is 102 Å². The number of rotatable bonds is 24. The van der Waals surface area contributed by atoms with Crippen LogP contribution in [0.2, 0.25) is 0 Å². The van der Waals surface area contributed by atoms with Crippen LogP contribution in [0, 0.1) is 0 Å². The van der Waals surface area contributed by atoms with Crippen LogP contribution in [0.25, 0.3) is 0 Å². The maximum absolute atomic E-state index is 14.9. The molecule has 0 aliphatic heterocycles. The van der Waals surface area contributed by atoms with Gasteiger partial charge in [0.15, 0.2) is 9.84 Å². The molecule has 0 N–H and O–H groups in total. The SMILES string of the molecule is CCCCCCCCCCCCS(=O)(=O)C(S(=O)(=O)C(F)(F)C(F)(F)C(F)(F)C(F)(F)C(F)(F)C(F)(F)F)S(=O)(=O)C(F)(F)C(F)(F)C(F)(F)C(F)(F)C(F)(F)C(F)(F)F. The smallest absolute Gasteiger partial charge is 0.226 e. The average molecular weight is 1010 g/mol. The maximum atomic E-state index is 14.9. The second-order valence-electron chi connectivity index (χ2n) is 12.6. The highest BCUT2D eigenvalue weighted by atomic mass is 32.3. The van der Waals surface area contributed by atoms with E-state index in [4.69, 9.17) is 0 Å². The molecule has 0 aliphatic carbocycles. The highest BCUT2D eigenvalue weighted by Gasteiger charge is 2.96. The minimum Gasteiger partial charge on any atom is -0.226 e. The van der Waals surface area contributed by atoms with E-state index < -0.39 is 129 Å². The molecule has 0 unspecified atom stereocenters. The van der Waals surface area contributed by atoms with Crippen molar-refractivity contribution in [2.24, 2.45) is 0 Å². The van der Waals surface area contributed by atoms with Crippen molar-refractivity contribution in [1.29, 1.82) is 0 Å². The van der Waals surface area contributed by atoms with E-state index >= 15 is 0 Å². The van der Waals surface area contributed by atoms with Crippen LogP contribution >= 0.6 is 0 Å². The first kappa shape index (κ1) is 58.0. The normalized spacial score (nSPS) is 16.2. The van der Waals surface area contributed by atoms with Gasteiger partial charge >= 0.3 is 70.2 Å². The first-order chi connectivity index (χ1) is 25.9.